The van der Waals surface area contributed by atoms with Gasteiger partial charge in [0.05, 0.1) is 13.2 Å². The van der Waals surface area contributed by atoms with Crippen LogP contribution in [0.25, 0.3) is 0 Å². The van der Waals surface area contributed by atoms with Gasteiger partial charge < -0.3 is 10.1 Å². The molecular formula is C9H17NO3S. The molecule has 14 heavy (non-hydrogen) atoms. The molecule has 0 heterocycles. The van der Waals surface area contributed by atoms with Crippen molar-refractivity contribution in [3.63, 3.8) is 0 Å². The third-order valence-corrected chi connectivity index (χ3v) is 2.75. The molecule has 0 saturated carbocycles. The quantitative estimate of drug-likeness (QED) is 0.757. The summed E-state index contributed by atoms with van der Waals surface area (Å²) in [6, 6.07) is -0.449. The highest BCUT2D eigenvalue weighted by Gasteiger charge is 2.23. The Kier molecular flexibility index (Phi) is 6.36. The summed E-state index contributed by atoms with van der Waals surface area (Å²) < 4.78 is 4.45. The first-order chi connectivity index (χ1) is 6.52. The van der Waals surface area contributed by atoms with Gasteiger partial charge in [-0.3, -0.25) is 4.79 Å². The predicted octanol–water partition coefficient (Wildman–Crippen LogP) is 1.30. The second-order valence-corrected chi connectivity index (χ2v) is 4.07. The molecule has 0 aromatic rings. The lowest BCUT2D eigenvalue weighted by Crippen LogP contribution is -2.44. The van der Waals surface area contributed by atoms with Gasteiger partial charge in [0, 0.05) is 0 Å². The number of carbonyl (C=O) groups excluding carboxylic acids is 2. The smallest absolute Gasteiger partial charge is 0.407 e. The minimum Gasteiger partial charge on any atom is -0.453 e. The summed E-state index contributed by atoms with van der Waals surface area (Å²) in [5.41, 5.74) is 0. The molecule has 0 fully saturated rings. The van der Waals surface area contributed by atoms with Gasteiger partial charge >= 0.3 is 6.09 Å². The lowest BCUT2D eigenvalue weighted by Gasteiger charge is -2.21. The Morgan fingerprint density at radius 2 is 2.07 bits per heavy atom. The number of hydrogen-bond donors (Lipinski definition) is 1. The predicted molar refractivity (Wildman–Crippen MR) is 57.6 cm³/mol. The van der Waals surface area contributed by atoms with Crippen molar-refractivity contribution in [2.75, 3.05) is 19.1 Å². The Bertz CT molecular complexity index is 208. The molecule has 0 aliphatic rings. The molecule has 1 N–H and O–H groups in total. The van der Waals surface area contributed by atoms with Gasteiger partial charge in [0.1, 0.15) is 0 Å². The van der Waals surface area contributed by atoms with E-state index in [1.807, 2.05) is 13.2 Å². The highest BCUT2D eigenvalue weighted by atomic mass is 32.2. The molecule has 0 spiro atoms. The monoisotopic (exact) mass is 219 g/mol. The van der Waals surface area contributed by atoms with Crippen LogP contribution in [0.3, 0.4) is 0 Å². The van der Waals surface area contributed by atoms with E-state index in [-0.39, 0.29) is 11.7 Å². The summed E-state index contributed by atoms with van der Waals surface area (Å²) in [5.74, 6) is 0.896. The van der Waals surface area contributed by atoms with Gasteiger partial charge in [0.15, 0.2) is 5.78 Å². The van der Waals surface area contributed by atoms with E-state index in [1.54, 1.807) is 11.8 Å². The fraction of sp³-hybridized carbons (Fsp3) is 0.778. The highest BCUT2D eigenvalue weighted by molar-refractivity contribution is 7.98. The number of methoxy groups -OCH3 is 1. The maximum Gasteiger partial charge on any atom is 0.407 e. The van der Waals surface area contributed by atoms with Crippen LogP contribution in [0.5, 0.6) is 0 Å². The summed E-state index contributed by atoms with van der Waals surface area (Å²) in [6.45, 7) is 3.40. The molecule has 0 rings (SSSR count). The molecule has 0 aromatic carbocycles. The molecule has 4 nitrogen and oxygen atoms in total. The zero-order valence-corrected chi connectivity index (χ0v) is 9.81. The number of hydrogen-bond acceptors (Lipinski definition) is 4. The molecule has 1 amide bonds. The van der Waals surface area contributed by atoms with Crippen LogP contribution in [0.1, 0.15) is 13.8 Å². The van der Waals surface area contributed by atoms with E-state index in [4.69, 9.17) is 0 Å². The number of thioether (sulfide) groups is 1. The van der Waals surface area contributed by atoms with Gasteiger partial charge in [0.25, 0.3) is 0 Å². The fourth-order valence-corrected chi connectivity index (χ4v) is 1.91. The SMILES string of the molecule is COC(=O)NC(C(C)=O)C(C)CSC. The van der Waals surface area contributed by atoms with E-state index >= 15 is 0 Å². The summed E-state index contributed by atoms with van der Waals surface area (Å²) >= 11 is 1.65. The minimum atomic E-state index is -0.557. The van der Waals surface area contributed by atoms with E-state index < -0.39 is 12.1 Å². The molecule has 0 aromatic heterocycles. The van der Waals surface area contributed by atoms with Crippen LogP contribution in [-0.2, 0) is 9.53 Å². The number of alkyl carbamates (subject to hydrolysis) is 1. The van der Waals surface area contributed by atoms with Gasteiger partial charge in [-0.05, 0) is 24.9 Å². The Hall–Kier alpha value is -0.710. The topological polar surface area (TPSA) is 55.4 Å². The maximum atomic E-state index is 11.2. The van der Waals surface area contributed by atoms with E-state index in [0.29, 0.717) is 0 Å². The van der Waals surface area contributed by atoms with Crippen LogP contribution in [0.15, 0.2) is 0 Å². The van der Waals surface area contributed by atoms with Gasteiger partial charge in [-0.15, -0.1) is 0 Å². The van der Waals surface area contributed by atoms with Crippen LogP contribution in [0.4, 0.5) is 4.79 Å². The first-order valence-corrected chi connectivity index (χ1v) is 5.76. The molecule has 0 aliphatic carbocycles. The normalized spacial score (nSPS) is 14.3. The summed E-state index contributed by atoms with van der Waals surface area (Å²) in [6.07, 6.45) is 1.41. The van der Waals surface area contributed by atoms with Crippen molar-refractivity contribution in [2.24, 2.45) is 5.92 Å². The number of rotatable bonds is 5. The summed E-state index contributed by atoms with van der Waals surface area (Å²) in [5, 5.41) is 2.53. The van der Waals surface area contributed by atoms with Gasteiger partial charge in [-0.2, -0.15) is 11.8 Å². The highest BCUT2D eigenvalue weighted by Crippen LogP contribution is 2.10. The van der Waals surface area contributed by atoms with Crippen molar-refractivity contribution in [3.8, 4) is 0 Å². The number of ether oxygens (including phenoxy) is 1. The number of ketones is 1. The van der Waals surface area contributed by atoms with Crippen LogP contribution < -0.4 is 5.32 Å². The first kappa shape index (κ1) is 13.3. The van der Waals surface area contributed by atoms with Crippen LogP contribution in [0.2, 0.25) is 0 Å². The number of nitrogens with one attached hydrogen (secondary N) is 1. The van der Waals surface area contributed by atoms with Crippen molar-refractivity contribution >= 4 is 23.6 Å². The fourth-order valence-electron chi connectivity index (χ4n) is 1.19. The molecule has 5 heteroatoms. The summed E-state index contributed by atoms with van der Waals surface area (Å²) in [4.78, 5) is 22.2. The number of amides is 1. The van der Waals surface area contributed by atoms with Crippen LogP contribution >= 0.6 is 11.8 Å². The average molecular weight is 219 g/mol. The van der Waals surface area contributed by atoms with Crippen molar-refractivity contribution < 1.29 is 14.3 Å². The largest absolute Gasteiger partial charge is 0.453 e. The standard InChI is InChI=1S/C9H17NO3S/c1-6(5-14-4)8(7(2)11)10-9(12)13-3/h6,8H,5H2,1-4H3,(H,10,12). The maximum absolute atomic E-state index is 11.2. The van der Waals surface area contributed by atoms with E-state index in [1.165, 1.54) is 14.0 Å². The third-order valence-electron chi connectivity index (χ3n) is 1.90. The Labute approximate surface area is 88.8 Å². The molecule has 0 radical (unpaired) electrons. The Morgan fingerprint density at radius 1 is 1.50 bits per heavy atom. The molecule has 0 saturated heterocycles. The first-order valence-electron chi connectivity index (χ1n) is 4.36. The molecule has 82 valence electrons. The third kappa shape index (κ3) is 4.50. The molecular weight excluding hydrogens is 202 g/mol. The van der Waals surface area contributed by atoms with Crippen molar-refractivity contribution in [1.82, 2.24) is 5.32 Å². The summed E-state index contributed by atoms with van der Waals surface area (Å²) in [7, 11) is 1.28. The average Bonchev–Trinajstić information content (AvgIpc) is 2.13. The molecule has 2 unspecified atom stereocenters. The minimum absolute atomic E-state index is 0.0445. The van der Waals surface area contributed by atoms with Crippen molar-refractivity contribution in [1.29, 1.82) is 0 Å². The molecule has 2 atom stereocenters. The lowest BCUT2D eigenvalue weighted by atomic mass is 10.0. The van der Waals surface area contributed by atoms with Gasteiger partial charge in [0.2, 0.25) is 0 Å². The van der Waals surface area contributed by atoms with Gasteiger partial charge in [-0.25, -0.2) is 4.79 Å². The second-order valence-electron chi connectivity index (χ2n) is 3.16. The van der Waals surface area contributed by atoms with Crippen molar-refractivity contribution in [3.05, 3.63) is 0 Å². The van der Waals surface area contributed by atoms with E-state index in [2.05, 4.69) is 10.1 Å². The van der Waals surface area contributed by atoms with Gasteiger partial charge in [-0.1, -0.05) is 6.92 Å². The Morgan fingerprint density at radius 3 is 2.43 bits per heavy atom. The number of Topliss-reactive ketones (excluding diaryl/α,β-unsaturated/α-hetero) is 1. The Balaban J connectivity index is 4.28. The molecule has 0 aliphatic heterocycles. The zero-order chi connectivity index (χ0) is 11.1. The second kappa shape index (κ2) is 6.70. The number of carbonyl (C=O) groups is 2. The van der Waals surface area contributed by atoms with Crippen molar-refractivity contribution in [2.45, 2.75) is 19.9 Å². The van der Waals surface area contributed by atoms with Crippen LogP contribution in [-0.4, -0.2) is 37.0 Å². The van der Waals surface area contributed by atoms with Crippen LogP contribution in [0, 0.1) is 5.92 Å². The van der Waals surface area contributed by atoms with E-state index in [9.17, 15) is 9.59 Å². The zero-order valence-electron chi connectivity index (χ0n) is 8.99. The lowest BCUT2D eigenvalue weighted by molar-refractivity contribution is -0.119. The van der Waals surface area contributed by atoms with E-state index in [0.717, 1.165) is 5.75 Å². The molecule has 0 bridgehead atoms.